The number of hydrogen-bond acceptors (Lipinski definition) is 5. The molecule has 5 rings (SSSR count). The first-order valence-corrected chi connectivity index (χ1v) is 11.2. The zero-order chi connectivity index (χ0) is 22.1. The van der Waals surface area contributed by atoms with E-state index in [1.807, 2.05) is 28.8 Å². The van der Waals surface area contributed by atoms with E-state index in [4.69, 9.17) is 28.2 Å². The summed E-state index contributed by atoms with van der Waals surface area (Å²) in [6.07, 6.45) is 2.69. The lowest BCUT2D eigenvalue weighted by Crippen LogP contribution is -2.16. The fraction of sp³-hybridized carbons (Fsp3) is 0.261. The van der Waals surface area contributed by atoms with Crippen molar-refractivity contribution in [1.82, 2.24) is 24.8 Å². The molecule has 2 aromatic heterocycles. The number of nitrogens with one attached hydrogen (secondary N) is 2. The van der Waals surface area contributed by atoms with Gasteiger partial charge in [0.15, 0.2) is 5.65 Å². The van der Waals surface area contributed by atoms with Crippen molar-refractivity contribution in [1.29, 1.82) is 0 Å². The fourth-order valence-corrected chi connectivity index (χ4v) is 4.50. The molecule has 0 radical (unpaired) electrons. The van der Waals surface area contributed by atoms with Crippen molar-refractivity contribution in [3.8, 4) is 11.4 Å². The lowest BCUT2D eigenvalue weighted by atomic mass is 10.1. The van der Waals surface area contributed by atoms with E-state index >= 15 is 0 Å². The van der Waals surface area contributed by atoms with Gasteiger partial charge in [-0.2, -0.15) is 4.98 Å². The molecule has 3 heterocycles. The van der Waals surface area contributed by atoms with Gasteiger partial charge in [-0.05, 0) is 55.3 Å². The molecule has 0 spiro atoms. The van der Waals surface area contributed by atoms with Crippen molar-refractivity contribution in [3.05, 3.63) is 70.1 Å². The summed E-state index contributed by atoms with van der Waals surface area (Å²) in [4.78, 5) is 13.8. The molecule has 164 valence electrons. The normalized spacial score (nSPS) is 16.0. The summed E-state index contributed by atoms with van der Waals surface area (Å²) < 4.78 is 16.7. The number of benzene rings is 2. The Morgan fingerprint density at radius 1 is 1.16 bits per heavy atom. The third-order valence-electron chi connectivity index (χ3n) is 5.62. The Labute approximate surface area is 194 Å². The van der Waals surface area contributed by atoms with Crippen molar-refractivity contribution in [2.75, 3.05) is 18.4 Å². The molecule has 0 bridgehead atoms. The number of nitrogens with zero attached hydrogens (tertiary/aromatic N) is 4. The van der Waals surface area contributed by atoms with Crippen LogP contribution in [0.5, 0.6) is 0 Å². The highest BCUT2D eigenvalue weighted by molar-refractivity contribution is 6.33. The van der Waals surface area contributed by atoms with Gasteiger partial charge >= 0.3 is 0 Å². The third kappa shape index (κ3) is 4.28. The number of anilines is 1. The molecule has 0 amide bonds. The Hall–Kier alpha value is -2.74. The van der Waals surface area contributed by atoms with Crippen molar-refractivity contribution >= 4 is 40.3 Å². The number of imidazole rings is 1. The number of halogens is 3. The van der Waals surface area contributed by atoms with E-state index in [-0.39, 0.29) is 5.56 Å². The molecule has 1 aliphatic heterocycles. The Morgan fingerprint density at radius 2 is 2.03 bits per heavy atom. The molecule has 1 fully saturated rings. The summed E-state index contributed by atoms with van der Waals surface area (Å²) in [7, 11) is 0. The predicted octanol–water partition coefficient (Wildman–Crippen LogP) is 5.16. The molecule has 1 atom stereocenters. The second kappa shape index (κ2) is 9.02. The SMILES string of the molecule is Fc1cccc(Cl)c1-c1nc2cnc(NCc3cccc(Cl)c3)nc2n1CC1CCNC1. The van der Waals surface area contributed by atoms with Crippen LogP contribution in [0.2, 0.25) is 10.0 Å². The van der Waals surface area contributed by atoms with Crippen LogP contribution in [-0.2, 0) is 13.1 Å². The first kappa shape index (κ1) is 21.1. The van der Waals surface area contributed by atoms with Crippen LogP contribution >= 0.6 is 23.2 Å². The van der Waals surface area contributed by atoms with Crippen molar-refractivity contribution in [2.45, 2.75) is 19.5 Å². The Bertz CT molecular complexity index is 1250. The third-order valence-corrected chi connectivity index (χ3v) is 6.17. The van der Waals surface area contributed by atoms with Gasteiger partial charge in [-0.1, -0.05) is 41.4 Å². The molecule has 2 N–H and O–H groups in total. The topological polar surface area (TPSA) is 67.7 Å². The first-order chi connectivity index (χ1) is 15.6. The van der Waals surface area contributed by atoms with E-state index in [2.05, 4.69) is 20.6 Å². The van der Waals surface area contributed by atoms with Crippen LogP contribution in [-0.4, -0.2) is 32.6 Å². The van der Waals surface area contributed by atoms with Gasteiger partial charge in [-0.25, -0.2) is 14.4 Å². The summed E-state index contributed by atoms with van der Waals surface area (Å²) in [5, 5.41) is 7.61. The molecule has 4 aromatic rings. The van der Waals surface area contributed by atoms with Gasteiger partial charge in [0.2, 0.25) is 5.95 Å². The monoisotopic (exact) mass is 470 g/mol. The van der Waals surface area contributed by atoms with E-state index < -0.39 is 5.82 Å². The van der Waals surface area contributed by atoms with Gasteiger partial charge in [0, 0.05) is 18.1 Å². The van der Waals surface area contributed by atoms with Crippen LogP contribution in [0.25, 0.3) is 22.6 Å². The summed E-state index contributed by atoms with van der Waals surface area (Å²) >= 11 is 12.5. The van der Waals surface area contributed by atoms with E-state index in [0.717, 1.165) is 25.1 Å². The lowest BCUT2D eigenvalue weighted by molar-refractivity contribution is 0.489. The maximum atomic E-state index is 14.8. The molecule has 1 saturated heterocycles. The summed E-state index contributed by atoms with van der Waals surface area (Å²) in [5.74, 6) is 0.922. The molecule has 1 aliphatic rings. The predicted molar refractivity (Wildman–Crippen MR) is 125 cm³/mol. The minimum atomic E-state index is -0.411. The molecule has 9 heteroatoms. The molecule has 1 unspecified atom stereocenters. The molecule has 0 aliphatic carbocycles. The van der Waals surface area contributed by atoms with Crippen LogP contribution in [0, 0.1) is 11.7 Å². The smallest absolute Gasteiger partial charge is 0.225 e. The summed E-state index contributed by atoms with van der Waals surface area (Å²) in [6.45, 7) is 3.05. The van der Waals surface area contributed by atoms with Gasteiger partial charge in [-0.3, -0.25) is 0 Å². The second-order valence-electron chi connectivity index (χ2n) is 7.89. The van der Waals surface area contributed by atoms with E-state index in [1.165, 1.54) is 6.07 Å². The van der Waals surface area contributed by atoms with Crippen LogP contribution in [0.15, 0.2) is 48.7 Å². The van der Waals surface area contributed by atoms with E-state index in [9.17, 15) is 4.39 Å². The van der Waals surface area contributed by atoms with E-state index in [0.29, 0.717) is 52.0 Å². The highest BCUT2D eigenvalue weighted by Gasteiger charge is 2.24. The van der Waals surface area contributed by atoms with Gasteiger partial charge in [0.1, 0.15) is 17.2 Å². The highest BCUT2D eigenvalue weighted by atomic mass is 35.5. The average molecular weight is 471 g/mol. The van der Waals surface area contributed by atoms with Crippen molar-refractivity contribution in [2.24, 2.45) is 5.92 Å². The minimum absolute atomic E-state index is 0.284. The van der Waals surface area contributed by atoms with Gasteiger partial charge in [0.25, 0.3) is 0 Å². The molecule has 6 nitrogen and oxygen atoms in total. The van der Waals surface area contributed by atoms with E-state index in [1.54, 1.807) is 18.3 Å². The highest BCUT2D eigenvalue weighted by Crippen LogP contribution is 2.33. The van der Waals surface area contributed by atoms with Crippen LogP contribution in [0.4, 0.5) is 10.3 Å². The lowest BCUT2D eigenvalue weighted by Gasteiger charge is -2.14. The van der Waals surface area contributed by atoms with Gasteiger partial charge in [-0.15, -0.1) is 0 Å². The van der Waals surface area contributed by atoms with Crippen molar-refractivity contribution < 1.29 is 4.39 Å². The zero-order valence-electron chi connectivity index (χ0n) is 17.2. The molecular formula is C23H21Cl2FN6. The quantitative estimate of drug-likeness (QED) is 0.407. The van der Waals surface area contributed by atoms with Crippen LogP contribution in [0.3, 0.4) is 0 Å². The number of rotatable bonds is 6. The Morgan fingerprint density at radius 3 is 2.81 bits per heavy atom. The van der Waals surface area contributed by atoms with Crippen molar-refractivity contribution in [3.63, 3.8) is 0 Å². The maximum Gasteiger partial charge on any atom is 0.225 e. The average Bonchev–Trinajstić information content (AvgIpc) is 3.41. The largest absolute Gasteiger partial charge is 0.350 e. The Balaban J connectivity index is 1.54. The number of aromatic nitrogens is 4. The molecule has 0 saturated carbocycles. The number of fused-ring (bicyclic) bond motifs is 1. The molecule has 2 aromatic carbocycles. The molecular weight excluding hydrogens is 450 g/mol. The zero-order valence-corrected chi connectivity index (χ0v) is 18.7. The van der Waals surface area contributed by atoms with Crippen LogP contribution < -0.4 is 10.6 Å². The first-order valence-electron chi connectivity index (χ1n) is 10.4. The van der Waals surface area contributed by atoms with Gasteiger partial charge in [0.05, 0.1) is 16.8 Å². The van der Waals surface area contributed by atoms with Gasteiger partial charge < -0.3 is 15.2 Å². The number of hydrogen-bond donors (Lipinski definition) is 2. The Kier molecular flexibility index (Phi) is 5.95. The fourth-order valence-electron chi connectivity index (χ4n) is 4.04. The summed E-state index contributed by atoms with van der Waals surface area (Å²) in [6, 6.07) is 12.3. The maximum absolute atomic E-state index is 14.8. The minimum Gasteiger partial charge on any atom is -0.350 e. The standard InChI is InChI=1S/C23H21Cl2FN6/c24-16-4-1-3-14(9-16)11-28-23-29-12-19-21(31-23)32(13-15-7-8-27-10-15)22(30-19)20-17(25)5-2-6-18(20)26/h1-6,9,12,15,27H,7-8,10-11,13H2,(H,28,29,31). The summed E-state index contributed by atoms with van der Waals surface area (Å²) in [5.41, 5.74) is 2.55. The van der Waals surface area contributed by atoms with Crippen LogP contribution in [0.1, 0.15) is 12.0 Å². The molecule has 32 heavy (non-hydrogen) atoms. The second-order valence-corrected chi connectivity index (χ2v) is 8.73.